The second-order valence-corrected chi connectivity index (χ2v) is 11.8. The van der Waals surface area contributed by atoms with Crippen molar-refractivity contribution < 1.29 is 23.1 Å². The summed E-state index contributed by atoms with van der Waals surface area (Å²) in [4.78, 5) is 25.3. The Morgan fingerprint density at radius 3 is 2.27 bits per heavy atom. The van der Waals surface area contributed by atoms with Gasteiger partial charge in [-0.3, -0.25) is 4.79 Å². The van der Waals surface area contributed by atoms with E-state index in [9.17, 15) is 23.1 Å². The van der Waals surface area contributed by atoms with Crippen molar-refractivity contribution in [3.63, 3.8) is 0 Å². The molecule has 0 fully saturated rings. The molecule has 0 bridgehead atoms. The van der Waals surface area contributed by atoms with E-state index in [1.54, 1.807) is 29.6 Å². The van der Waals surface area contributed by atoms with Gasteiger partial charge in [0, 0.05) is 21.7 Å². The van der Waals surface area contributed by atoms with Crippen molar-refractivity contribution in [2.24, 2.45) is 0 Å². The van der Waals surface area contributed by atoms with E-state index >= 15 is 0 Å². The van der Waals surface area contributed by atoms with Crippen LogP contribution in [0.3, 0.4) is 0 Å². The van der Waals surface area contributed by atoms with Gasteiger partial charge >= 0.3 is 5.97 Å². The lowest BCUT2D eigenvalue weighted by molar-refractivity contribution is 0.0697. The Balaban J connectivity index is 1.96. The highest BCUT2D eigenvalue weighted by Gasteiger charge is 2.29. The first-order valence-electron chi connectivity index (χ1n) is 8.67. The van der Waals surface area contributed by atoms with Crippen molar-refractivity contribution in [1.29, 1.82) is 0 Å². The topological polar surface area (TPSA) is 88.5 Å². The fourth-order valence-electron chi connectivity index (χ4n) is 2.79. The molecule has 2 aromatic heterocycles. The quantitative estimate of drug-likeness (QED) is 0.394. The number of ketones is 1. The van der Waals surface area contributed by atoms with E-state index in [1.165, 1.54) is 30.6 Å². The summed E-state index contributed by atoms with van der Waals surface area (Å²) in [6.07, 6.45) is -0.201. The number of rotatable bonds is 7. The molecule has 0 unspecified atom stereocenters. The summed E-state index contributed by atoms with van der Waals surface area (Å²) in [5.74, 6) is -1.58. The van der Waals surface area contributed by atoms with Crippen molar-refractivity contribution >= 4 is 67.5 Å². The van der Waals surface area contributed by atoms with Crippen LogP contribution in [0.15, 0.2) is 39.9 Å². The molecule has 0 spiro atoms. The van der Waals surface area contributed by atoms with Crippen molar-refractivity contribution in [2.75, 3.05) is 0 Å². The Morgan fingerprint density at radius 2 is 1.70 bits per heavy atom. The highest BCUT2D eigenvalue weighted by atomic mass is 35.5. The van der Waals surface area contributed by atoms with Crippen LogP contribution in [0.5, 0.6) is 0 Å². The van der Waals surface area contributed by atoms with Crippen LogP contribution in [0, 0.1) is 0 Å². The Morgan fingerprint density at radius 1 is 1.07 bits per heavy atom. The zero-order valence-corrected chi connectivity index (χ0v) is 19.8. The molecule has 0 saturated carbocycles. The fourth-order valence-corrected chi connectivity index (χ4v) is 7.03. The minimum atomic E-state index is -3.63. The molecule has 1 aromatic carbocycles. The third-order valence-corrected chi connectivity index (χ3v) is 9.71. The van der Waals surface area contributed by atoms with Crippen LogP contribution in [0.1, 0.15) is 39.4 Å². The standard InChI is InChI=1S/C20H16Cl2O5S3/c1-10(2)30(26,27)15-9-29-19(17(15)22)14(23)7-12-8-28-18(16(12)20(24)25)11-3-5-13(21)6-4-11/h3-6,8-10H,7H2,1-2H3,(H,24,25). The molecule has 0 amide bonds. The number of carboxylic acids is 1. The zero-order valence-electron chi connectivity index (χ0n) is 15.8. The molecule has 0 aliphatic carbocycles. The van der Waals surface area contributed by atoms with Crippen LogP contribution < -0.4 is 0 Å². The summed E-state index contributed by atoms with van der Waals surface area (Å²) in [5.41, 5.74) is 1.07. The van der Waals surface area contributed by atoms with E-state index < -0.39 is 26.8 Å². The van der Waals surface area contributed by atoms with Gasteiger partial charge in [0.15, 0.2) is 15.6 Å². The van der Waals surface area contributed by atoms with Gasteiger partial charge in [0.1, 0.15) is 0 Å². The maximum absolute atomic E-state index is 12.8. The Hall–Kier alpha value is -1.71. The largest absolute Gasteiger partial charge is 0.478 e. The van der Waals surface area contributed by atoms with Crippen LogP contribution in [0.4, 0.5) is 0 Å². The van der Waals surface area contributed by atoms with Gasteiger partial charge in [0.05, 0.1) is 25.6 Å². The molecule has 3 rings (SSSR count). The second kappa shape index (κ2) is 8.80. The van der Waals surface area contributed by atoms with Crippen LogP contribution >= 0.6 is 45.9 Å². The first-order chi connectivity index (χ1) is 14.0. The molecule has 30 heavy (non-hydrogen) atoms. The number of carbonyl (C=O) groups is 2. The van der Waals surface area contributed by atoms with Gasteiger partial charge in [-0.1, -0.05) is 35.3 Å². The van der Waals surface area contributed by atoms with Crippen LogP contribution in [0.2, 0.25) is 10.0 Å². The van der Waals surface area contributed by atoms with Crippen LogP contribution in [0.25, 0.3) is 10.4 Å². The molecule has 158 valence electrons. The van der Waals surface area contributed by atoms with Crippen LogP contribution in [-0.2, 0) is 16.3 Å². The van der Waals surface area contributed by atoms with E-state index in [0.717, 1.165) is 11.3 Å². The molecule has 5 nitrogen and oxygen atoms in total. The van der Waals surface area contributed by atoms with Gasteiger partial charge < -0.3 is 5.11 Å². The molecule has 1 N–H and O–H groups in total. The molecule has 10 heteroatoms. The molecular weight excluding hydrogens is 487 g/mol. The minimum Gasteiger partial charge on any atom is -0.478 e. The van der Waals surface area contributed by atoms with Gasteiger partial charge in [0.25, 0.3) is 0 Å². The highest BCUT2D eigenvalue weighted by molar-refractivity contribution is 7.92. The average molecular weight is 503 g/mol. The summed E-state index contributed by atoms with van der Waals surface area (Å²) in [7, 11) is -3.63. The third kappa shape index (κ3) is 4.33. The first-order valence-corrected chi connectivity index (χ1v) is 12.7. The van der Waals surface area contributed by atoms with Gasteiger partial charge in [-0.05, 0) is 42.5 Å². The van der Waals surface area contributed by atoms with E-state index in [4.69, 9.17) is 23.2 Å². The minimum absolute atomic E-state index is 0.0402. The number of hydrogen-bond acceptors (Lipinski definition) is 6. The predicted molar refractivity (Wildman–Crippen MR) is 121 cm³/mol. The predicted octanol–water partition coefficient (Wildman–Crippen LogP) is 6.09. The van der Waals surface area contributed by atoms with Gasteiger partial charge in [-0.2, -0.15) is 0 Å². The summed E-state index contributed by atoms with van der Waals surface area (Å²) in [6.45, 7) is 3.07. The van der Waals surface area contributed by atoms with Crippen molar-refractivity contribution in [3.05, 3.63) is 61.1 Å². The summed E-state index contributed by atoms with van der Waals surface area (Å²) in [6, 6.07) is 6.75. The Kier molecular flexibility index (Phi) is 6.74. The maximum Gasteiger partial charge on any atom is 0.337 e. The third-order valence-electron chi connectivity index (χ3n) is 4.42. The summed E-state index contributed by atoms with van der Waals surface area (Å²) < 4.78 is 24.8. The highest BCUT2D eigenvalue weighted by Crippen LogP contribution is 2.37. The average Bonchev–Trinajstić information content (AvgIpc) is 3.26. The van der Waals surface area contributed by atoms with Crippen LogP contribution in [-0.4, -0.2) is 30.5 Å². The molecule has 2 heterocycles. The lowest BCUT2D eigenvalue weighted by atomic mass is 10.0. The van der Waals surface area contributed by atoms with E-state index in [1.807, 2.05) is 0 Å². The van der Waals surface area contributed by atoms with Crippen molar-refractivity contribution in [3.8, 4) is 10.4 Å². The molecule has 0 saturated heterocycles. The van der Waals surface area contributed by atoms with Crippen molar-refractivity contribution in [1.82, 2.24) is 0 Å². The summed E-state index contributed by atoms with van der Waals surface area (Å²) >= 11 is 14.3. The number of aromatic carboxylic acids is 1. The second-order valence-electron chi connectivity index (χ2n) is 6.71. The molecule has 0 radical (unpaired) electrons. The van der Waals surface area contributed by atoms with Gasteiger partial charge in [0.2, 0.25) is 0 Å². The maximum atomic E-state index is 12.8. The Labute approximate surface area is 191 Å². The lowest BCUT2D eigenvalue weighted by Crippen LogP contribution is -2.14. The van der Waals surface area contributed by atoms with E-state index in [-0.39, 0.29) is 26.8 Å². The number of halogens is 2. The number of benzene rings is 1. The number of Topliss-reactive ketones (excluding diaryl/α,β-unsaturated/α-hetero) is 1. The molecule has 3 aromatic rings. The lowest BCUT2D eigenvalue weighted by Gasteiger charge is -2.06. The van der Waals surface area contributed by atoms with E-state index in [0.29, 0.717) is 21.0 Å². The van der Waals surface area contributed by atoms with Gasteiger partial charge in [-0.15, -0.1) is 22.7 Å². The number of sulfone groups is 1. The monoisotopic (exact) mass is 502 g/mol. The van der Waals surface area contributed by atoms with Crippen molar-refractivity contribution in [2.45, 2.75) is 30.4 Å². The molecule has 0 aliphatic rings. The zero-order chi connectivity index (χ0) is 22.2. The number of thiophene rings is 2. The Bertz CT molecular complexity index is 1220. The normalized spacial score (nSPS) is 11.8. The SMILES string of the molecule is CC(C)S(=O)(=O)c1csc(C(=O)Cc2csc(-c3ccc(Cl)cc3)c2C(=O)O)c1Cl. The number of carbonyl (C=O) groups excluding carboxylic acids is 1. The van der Waals surface area contributed by atoms with Gasteiger partial charge in [-0.25, -0.2) is 13.2 Å². The molecule has 0 aliphatic heterocycles. The number of hydrogen-bond donors (Lipinski definition) is 1. The van der Waals surface area contributed by atoms with E-state index in [2.05, 4.69) is 0 Å². The molecular formula is C20H16Cl2O5S3. The molecule has 0 atom stereocenters. The smallest absolute Gasteiger partial charge is 0.337 e. The fraction of sp³-hybridized carbons (Fsp3) is 0.200. The first kappa shape index (κ1) is 23.0. The summed E-state index contributed by atoms with van der Waals surface area (Å²) in [5, 5.41) is 12.5. The number of carboxylic acid groups (broad SMARTS) is 1.